The topological polar surface area (TPSA) is 41.6 Å². The van der Waals surface area contributed by atoms with Gasteiger partial charge >= 0.3 is 0 Å². The molecule has 1 amide bonds. The third-order valence-electron chi connectivity index (χ3n) is 5.07. The van der Waals surface area contributed by atoms with Crippen LogP contribution >= 0.6 is 24.0 Å². The van der Waals surface area contributed by atoms with Crippen LogP contribution in [-0.4, -0.2) is 37.5 Å². The summed E-state index contributed by atoms with van der Waals surface area (Å²) in [5.74, 6) is 1.63. The van der Waals surface area contributed by atoms with E-state index in [-0.39, 0.29) is 18.3 Å². The SMILES string of the molecule is CNCC1CCN(C(=O)Cc2cccc(OCc3ccccc3Cl)c2)CC1.Cl. The van der Waals surface area contributed by atoms with Crippen LogP contribution in [0.2, 0.25) is 5.02 Å². The summed E-state index contributed by atoms with van der Waals surface area (Å²) in [7, 11) is 1.98. The number of hydrogen-bond donors (Lipinski definition) is 1. The Labute approximate surface area is 178 Å². The number of amides is 1. The molecule has 1 saturated heterocycles. The van der Waals surface area contributed by atoms with Crippen molar-refractivity contribution in [1.82, 2.24) is 10.2 Å². The zero-order chi connectivity index (χ0) is 19.1. The first-order valence-corrected chi connectivity index (χ1v) is 9.91. The maximum Gasteiger partial charge on any atom is 0.226 e. The van der Waals surface area contributed by atoms with Crippen molar-refractivity contribution in [2.75, 3.05) is 26.7 Å². The van der Waals surface area contributed by atoms with E-state index >= 15 is 0 Å². The van der Waals surface area contributed by atoms with Crippen molar-refractivity contribution >= 4 is 29.9 Å². The van der Waals surface area contributed by atoms with Gasteiger partial charge in [0.15, 0.2) is 0 Å². The second-order valence-electron chi connectivity index (χ2n) is 7.09. The lowest BCUT2D eigenvalue weighted by atomic mass is 9.96. The summed E-state index contributed by atoms with van der Waals surface area (Å²) in [5, 5.41) is 3.93. The van der Waals surface area contributed by atoms with E-state index in [0.29, 0.717) is 24.0 Å². The van der Waals surface area contributed by atoms with Crippen LogP contribution in [0.25, 0.3) is 0 Å². The Morgan fingerprint density at radius 1 is 1.18 bits per heavy atom. The molecule has 1 fully saturated rings. The minimum absolute atomic E-state index is 0. The average molecular weight is 423 g/mol. The summed E-state index contributed by atoms with van der Waals surface area (Å²) in [6, 6.07) is 15.4. The number of rotatable bonds is 7. The first kappa shape index (κ1) is 22.5. The average Bonchev–Trinajstić information content (AvgIpc) is 2.68. The lowest BCUT2D eigenvalue weighted by Crippen LogP contribution is -2.41. The number of carbonyl (C=O) groups excluding carboxylic acids is 1. The molecule has 1 N–H and O–H groups in total. The van der Waals surface area contributed by atoms with Gasteiger partial charge in [-0.05, 0) is 56.1 Å². The van der Waals surface area contributed by atoms with Crippen molar-refractivity contribution in [3.8, 4) is 5.75 Å². The van der Waals surface area contributed by atoms with Gasteiger partial charge in [-0.2, -0.15) is 0 Å². The Bertz CT molecular complexity index is 762. The highest BCUT2D eigenvalue weighted by molar-refractivity contribution is 6.31. The third-order valence-corrected chi connectivity index (χ3v) is 5.43. The number of likely N-dealkylation sites (tertiary alicyclic amines) is 1. The van der Waals surface area contributed by atoms with Gasteiger partial charge in [-0.15, -0.1) is 12.4 Å². The van der Waals surface area contributed by atoms with Crippen LogP contribution in [0.15, 0.2) is 48.5 Å². The number of carbonyl (C=O) groups is 1. The number of nitrogens with one attached hydrogen (secondary N) is 1. The van der Waals surface area contributed by atoms with Gasteiger partial charge in [-0.3, -0.25) is 4.79 Å². The summed E-state index contributed by atoms with van der Waals surface area (Å²) in [6.07, 6.45) is 2.57. The fraction of sp³-hybridized carbons (Fsp3) is 0.409. The molecule has 0 unspecified atom stereocenters. The highest BCUT2D eigenvalue weighted by Gasteiger charge is 2.22. The fourth-order valence-corrected chi connectivity index (χ4v) is 3.67. The Balaban J connectivity index is 0.00000280. The van der Waals surface area contributed by atoms with Crippen molar-refractivity contribution in [1.29, 1.82) is 0 Å². The zero-order valence-electron chi connectivity index (χ0n) is 16.2. The molecule has 0 aliphatic carbocycles. The van der Waals surface area contributed by atoms with Crippen molar-refractivity contribution in [3.05, 3.63) is 64.7 Å². The molecule has 1 aliphatic heterocycles. The minimum atomic E-state index is 0. The molecule has 1 aliphatic rings. The van der Waals surface area contributed by atoms with E-state index in [4.69, 9.17) is 16.3 Å². The maximum absolute atomic E-state index is 12.6. The van der Waals surface area contributed by atoms with Crippen molar-refractivity contribution in [2.24, 2.45) is 5.92 Å². The molecule has 3 rings (SSSR count). The van der Waals surface area contributed by atoms with Crippen molar-refractivity contribution in [3.63, 3.8) is 0 Å². The van der Waals surface area contributed by atoms with Crippen LogP contribution in [0.4, 0.5) is 0 Å². The van der Waals surface area contributed by atoms with Gasteiger partial charge < -0.3 is 15.0 Å². The van der Waals surface area contributed by atoms with E-state index in [1.54, 1.807) is 0 Å². The minimum Gasteiger partial charge on any atom is -0.489 e. The predicted octanol–water partition coefficient (Wildman–Crippen LogP) is 4.34. The fourth-order valence-electron chi connectivity index (χ4n) is 3.48. The summed E-state index contributed by atoms with van der Waals surface area (Å²) in [4.78, 5) is 14.6. The largest absolute Gasteiger partial charge is 0.489 e. The highest BCUT2D eigenvalue weighted by atomic mass is 35.5. The number of hydrogen-bond acceptors (Lipinski definition) is 3. The first-order chi connectivity index (χ1) is 13.2. The van der Waals surface area contributed by atoms with Crippen LogP contribution in [0.5, 0.6) is 5.75 Å². The zero-order valence-corrected chi connectivity index (χ0v) is 17.8. The molecule has 152 valence electrons. The standard InChI is InChI=1S/C22H27ClN2O2.ClH/c1-24-15-17-9-11-25(12-10-17)22(26)14-18-5-4-7-20(13-18)27-16-19-6-2-3-8-21(19)23;/h2-8,13,17,24H,9-12,14-16H2,1H3;1H. The summed E-state index contributed by atoms with van der Waals surface area (Å²) in [5.41, 5.74) is 1.93. The lowest BCUT2D eigenvalue weighted by Gasteiger charge is -2.32. The lowest BCUT2D eigenvalue weighted by molar-refractivity contribution is -0.131. The second kappa shape index (κ2) is 11.3. The monoisotopic (exact) mass is 422 g/mol. The number of halogens is 2. The van der Waals surface area contributed by atoms with Crippen LogP contribution in [0.1, 0.15) is 24.0 Å². The molecule has 2 aromatic carbocycles. The summed E-state index contributed by atoms with van der Waals surface area (Å²) in [6.45, 7) is 3.16. The first-order valence-electron chi connectivity index (χ1n) is 9.53. The van der Waals surface area contributed by atoms with Gasteiger partial charge in [0.05, 0.1) is 6.42 Å². The smallest absolute Gasteiger partial charge is 0.226 e. The van der Waals surface area contributed by atoms with Gasteiger partial charge in [-0.25, -0.2) is 0 Å². The molecule has 0 saturated carbocycles. The molecule has 28 heavy (non-hydrogen) atoms. The quantitative estimate of drug-likeness (QED) is 0.721. The van der Waals surface area contributed by atoms with E-state index < -0.39 is 0 Å². The number of nitrogens with zero attached hydrogens (tertiary/aromatic N) is 1. The van der Waals surface area contributed by atoms with Crippen molar-refractivity contribution in [2.45, 2.75) is 25.9 Å². The molecule has 0 bridgehead atoms. The third kappa shape index (κ3) is 6.40. The van der Waals surface area contributed by atoms with Crippen LogP contribution < -0.4 is 10.1 Å². The second-order valence-corrected chi connectivity index (χ2v) is 7.49. The molecule has 4 nitrogen and oxygen atoms in total. The van der Waals surface area contributed by atoms with Crippen LogP contribution in [-0.2, 0) is 17.8 Å². The molecule has 0 atom stereocenters. The number of piperidine rings is 1. The van der Waals surface area contributed by atoms with E-state index in [2.05, 4.69) is 5.32 Å². The Hall–Kier alpha value is -1.75. The van der Waals surface area contributed by atoms with Crippen molar-refractivity contribution < 1.29 is 9.53 Å². The molecular weight excluding hydrogens is 395 g/mol. The molecule has 0 spiro atoms. The van der Waals surface area contributed by atoms with Crippen LogP contribution in [0, 0.1) is 5.92 Å². The molecule has 2 aromatic rings. The van der Waals surface area contributed by atoms with Gasteiger partial charge in [0.1, 0.15) is 12.4 Å². The van der Waals surface area contributed by atoms with E-state index in [1.165, 1.54) is 0 Å². The number of ether oxygens (including phenoxy) is 1. The normalized spacial score (nSPS) is 14.4. The van der Waals surface area contributed by atoms with E-state index in [1.807, 2.05) is 60.5 Å². The predicted molar refractivity (Wildman–Crippen MR) is 116 cm³/mol. The highest BCUT2D eigenvalue weighted by Crippen LogP contribution is 2.21. The Morgan fingerprint density at radius 2 is 1.93 bits per heavy atom. The summed E-state index contributed by atoms with van der Waals surface area (Å²) < 4.78 is 5.87. The van der Waals surface area contributed by atoms with Gasteiger partial charge in [0, 0.05) is 23.7 Å². The summed E-state index contributed by atoms with van der Waals surface area (Å²) >= 11 is 6.17. The molecule has 6 heteroatoms. The number of benzene rings is 2. The van der Waals surface area contributed by atoms with E-state index in [0.717, 1.165) is 49.4 Å². The van der Waals surface area contributed by atoms with Crippen LogP contribution in [0.3, 0.4) is 0 Å². The van der Waals surface area contributed by atoms with Gasteiger partial charge in [0.2, 0.25) is 5.91 Å². The van der Waals surface area contributed by atoms with Gasteiger partial charge in [0.25, 0.3) is 0 Å². The maximum atomic E-state index is 12.6. The van der Waals surface area contributed by atoms with Gasteiger partial charge in [-0.1, -0.05) is 41.9 Å². The molecule has 0 radical (unpaired) electrons. The molecule has 0 aromatic heterocycles. The molecular formula is C22H28Cl2N2O2. The Morgan fingerprint density at radius 3 is 2.64 bits per heavy atom. The van der Waals surface area contributed by atoms with E-state index in [9.17, 15) is 4.79 Å². The Kier molecular flexibility index (Phi) is 9.10. The molecule has 1 heterocycles.